The van der Waals surface area contributed by atoms with E-state index in [1.165, 1.54) is 0 Å². The number of carbonyl (C=O) groups is 2. The summed E-state index contributed by atoms with van der Waals surface area (Å²) in [5.74, 6) is 0. The molecule has 1 heterocycles. The van der Waals surface area contributed by atoms with Crippen molar-refractivity contribution in [2.24, 2.45) is 5.16 Å². The second kappa shape index (κ2) is 6.67. The number of ether oxygens (including phenoxy) is 2. The SMILES string of the molecule is CCOC(=O)N1CC/C(=N\O)CN1C(=O)OCC. The van der Waals surface area contributed by atoms with E-state index in [9.17, 15) is 9.59 Å². The van der Waals surface area contributed by atoms with E-state index in [1.54, 1.807) is 13.8 Å². The molecule has 0 aromatic carbocycles. The van der Waals surface area contributed by atoms with Crippen LogP contribution in [0.5, 0.6) is 0 Å². The lowest BCUT2D eigenvalue weighted by Crippen LogP contribution is -2.56. The summed E-state index contributed by atoms with van der Waals surface area (Å²) in [5.41, 5.74) is 0.406. The second-order valence-corrected chi connectivity index (χ2v) is 3.49. The molecular formula is C10H17N3O5. The van der Waals surface area contributed by atoms with Gasteiger partial charge in [-0.2, -0.15) is 0 Å². The van der Waals surface area contributed by atoms with Crippen LogP contribution in [0.15, 0.2) is 5.16 Å². The number of nitrogens with zero attached hydrogens (tertiary/aromatic N) is 3. The summed E-state index contributed by atoms with van der Waals surface area (Å²) in [4.78, 5) is 23.4. The lowest BCUT2D eigenvalue weighted by molar-refractivity contribution is -0.0172. The number of rotatable bonds is 2. The Morgan fingerprint density at radius 1 is 1.22 bits per heavy atom. The molecule has 0 aromatic rings. The van der Waals surface area contributed by atoms with Crippen LogP contribution < -0.4 is 0 Å². The Kier molecular flexibility index (Phi) is 5.22. The average Bonchev–Trinajstić information content (AvgIpc) is 2.38. The fourth-order valence-corrected chi connectivity index (χ4v) is 1.52. The minimum atomic E-state index is -0.675. The van der Waals surface area contributed by atoms with Crippen molar-refractivity contribution in [3.05, 3.63) is 0 Å². The maximum absolute atomic E-state index is 11.7. The Hall–Kier alpha value is -1.99. The third kappa shape index (κ3) is 3.25. The van der Waals surface area contributed by atoms with Crippen molar-refractivity contribution in [2.75, 3.05) is 26.3 Å². The van der Waals surface area contributed by atoms with E-state index in [1.807, 2.05) is 0 Å². The monoisotopic (exact) mass is 259 g/mol. The zero-order chi connectivity index (χ0) is 13.5. The molecule has 1 aliphatic rings. The molecular weight excluding hydrogens is 242 g/mol. The molecule has 2 amide bonds. The first kappa shape index (κ1) is 14.1. The van der Waals surface area contributed by atoms with E-state index in [0.29, 0.717) is 12.1 Å². The van der Waals surface area contributed by atoms with E-state index in [4.69, 9.17) is 14.7 Å². The molecule has 8 heteroatoms. The lowest BCUT2D eigenvalue weighted by atomic mass is 10.2. The van der Waals surface area contributed by atoms with Crippen molar-refractivity contribution >= 4 is 17.9 Å². The van der Waals surface area contributed by atoms with Crippen LogP contribution in [-0.2, 0) is 9.47 Å². The van der Waals surface area contributed by atoms with Gasteiger partial charge in [0.2, 0.25) is 0 Å². The minimum absolute atomic E-state index is 0.00808. The Balaban J connectivity index is 2.80. The van der Waals surface area contributed by atoms with Crippen LogP contribution in [0.25, 0.3) is 0 Å². The Morgan fingerprint density at radius 3 is 2.28 bits per heavy atom. The van der Waals surface area contributed by atoms with Crippen molar-refractivity contribution in [2.45, 2.75) is 20.3 Å². The third-order valence-electron chi connectivity index (χ3n) is 2.33. The predicted molar refractivity (Wildman–Crippen MR) is 61.3 cm³/mol. The first-order valence-corrected chi connectivity index (χ1v) is 5.72. The maximum Gasteiger partial charge on any atom is 0.429 e. The van der Waals surface area contributed by atoms with Gasteiger partial charge in [-0.15, -0.1) is 0 Å². The molecule has 1 rings (SSSR count). The molecule has 0 aromatic heterocycles. The summed E-state index contributed by atoms with van der Waals surface area (Å²) in [5, 5.41) is 14.0. The second-order valence-electron chi connectivity index (χ2n) is 3.49. The van der Waals surface area contributed by atoms with Gasteiger partial charge < -0.3 is 14.7 Å². The van der Waals surface area contributed by atoms with Crippen LogP contribution in [0.1, 0.15) is 20.3 Å². The first-order valence-electron chi connectivity index (χ1n) is 5.72. The highest BCUT2D eigenvalue weighted by atomic mass is 16.6. The molecule has 0 unspecified atom stereocenters. The van der Waals surface area contributed by atoms with Crippen LogP contribution in [-0.4, -0.2) is 59.4 Å². The van der Waals surface area contributed by atoms with Crippen LogP contribution >= 0.6 is 0 Å². The first-order chi connectivity index (χ1) is 8.63. The maximum atomic E-state index is 11.7. The predicted octanol–water partition coefficient (Wildman–Crippen LogP) is 1.05. The standard InChI is InChI=1S/C10H17N3O5/c1-3-17-9(14)12-6-5-8(11-16)7-13(12)10(15)18-4-2/h16H,3-7H2,1-2H3/b11-8+. The molecule has 102 valence electrons. The molecule has 1 N–H and O–H groups in total. The number of amides is 2. The zero-order valence-electron chi connectivity index (χ0n) is 10.5. The molecule has 0 spiro atoms. The van der Waals surface area contributed by atoms with Crippen molar-refractivity contribution in [3.8, 4) is 0 Å². The van der Waals surface area contributed by atoms with Gasteiger partial charge in [0.15, 0.2) is 0 Å². The van der Waals surface area contributed by atoms with Crippen LogP contribution in [0.3, 0.4) is 0 Å². The van der Waals surface area contributed by atoms with Gasteiger partial charge in [0.05, 0.1) is 32.0 Å². The Labute approximate surface area is 105 Å². The Morgan fingerprint density at radius 2 is 1.78 bits per heavy atom. The van der Waals surface area contributed by atoms with Crippen molar-refractivity contribution in [1.29, 1.82) is 0 Å². The van der Waals surface area contributed by atoms with Crippen LogP contribution in [0.2, 0.25) is 0 Å². The topological polar surface area (TPSA) is 91.7 Å². The minimum Gasteiger partial charge on any atom is -0.448 e. The van der Waals surface area contributed by atoms with Gasteiger partial charge in [0.1, 0.15) is 0 Å². The van der Waals surface area contributed by atoms with E-state index >= 15 is 0 Å². The molecule has 0 aliphatic carbocycles. The summed E-state index contributed by atoms with van der Waals surface area (Å²) < 4.78 is 9.68. The number of hydrazine groups is 1. The van der Waals surface area contributed by atoms with Crippen LogP contribution in [0.4, 0.5) is 9.59 Å². The van der Waals surface area contributed by atoms with Crippen molar-refractivity contribution in [1.82, 2.24) is 10.0 Å². The highest BCUT2D eigenvalue weighted by Crippen LogP contribution is 2.12. The highest BCUT2D eigenvalue weighted by Gasteiger charge is 2.33. The molecule has 8 nitrogen and oxygen atoms in total. The normalized spacial score (nSPS) is 17.8. The average molecular weight is 259 g/mol. The van der Waals surface area contributed by atoms with Gasteiger partial charge in [0.25, 0.3) is 0 Å². The smallest absolute Gasteiger partial charge is 0.429 e. The summed E-state index contributed by atoms with van der Waals surface area (Å²) in [6.07, 6.45) is -0.917. The third-order valence-corrected chi connectivity index (χ3v) is 2.33. The molecule has 0 bridgehead atoms. The molecule has 1 fully saturated rings. The van der Waals surface area contributed by atoms with Crippen molar-refractivity contribution < 1.29 is 24.3 Å². The van der Waals surface area contributed by atoms with Gasteiger partial charge in [-0.05, 0) is 13.8 Å². The molecule has 0 atom stereocenters. The Bertz CT molecular complexity index is 344. The fraction of sp³-hybridized carbons (Fsp3) is 0.700. The van der Waals surface area contributed by atoms with Crippen molar-refractivity contribution in [3.63, 3.8) is 0 Å². The fourth-order valence-electron chi connectivity index (χ4n) is 1.52. The number of hydrogen-bond donors (Lipinski definition) is 1. The number of oxime groups is 1. The molecule has 0 saturated carbocycles. The van der Waals surface area contributed by atoms with E-state index in [-0.39, 0.29) is 26.3 Å². The van der Waals surface area contributed by atoms with Gasteiger partial charge in [-0.25, -0.2) is 19.6 Å². The quantitative estimate of drug-likeness (QED) is 0.591. The van der Waals surface area contributed by atoms with E-state index < -0.39 is 12.2 Å². The van der Waals surface area contributed by atoms with Gasteiger partial charge in [0, 0.05) is 6.42 Å². The van der Waals surface area contributed by atoms with Gasteiger partial charge >= 0.3 is 12.2 Å². The van der Waals surface area contributed by atoms with Gasteiger partial charge in [-0.1, -0.05) is 5.16 Å². The molecule has 1 aliphatic heterocycles. The largest absolute Gasteiger partial charge is 0.448 e. The van der Waals surface area contributed by atoms with Gasteiger partial charge in [-0.3, -0.25) is 0 Å². The summed E-state index contributed by atoms with van der Waals surface area (Å²) in [6.45, 7) is 3.96. The van der Waals surface area contributed by atoms with Crippen LogP contribution in [0, 0.1) is 0 Å². The lowest BCUT2D eigenvalue weighted by Gasteiger charge is -2.36. The molecule has 0 radical (unpaired) electrons. The molecule has 1 saturated heterocycles. The zero-order valence-corrected chi connectivity index (χ0v) is 10.5. The van der Waals surface area contributed by atoms with E-state index in [2.05, 4.69) is 5.16 Å². The van der Waals surface area contributed by atoms with E-state index in [0.717, 1.165) is 10.0 Å². The summed E-state index contributed by atoms with van der Waals surface area (Å²) in [7, 11) is 0. The summed E-state index contributed by atoms with van der Waals surface area (Å²) >= 11 is 0. The number of hydrogen-bond acceptors (Lipinski definition) is 6. The summed E-state index contributed by atoms with van der Waals surface area (Å²) in [6, 6.07) is 0. The highest BCUT2D eigenvalue weighted by molar-refractivity contribution is 5.90. The number of carbonyl (C=O) groups excluding carboxylic acids is 2. The molecule has 18 heavy (non-hydrogen) atoms.